The summed E-state index contributed by atoms with van der Waals surface area (Å²) in [6, 6.07) is 17.5. The van der Waals surface area contributed by atoms with E-state index in [0.717, 1.165) is 0 Å². The van der Waals surface area contributed by atoms with Gasteiger partial charge in [0.25, 0.3) is 0 Å². The van der Waals surface area contributed by atoms with E-state index >= 15 is 0 Å². The molecule has 88 valence electrons. The van der Waals surface area contributed by atoms with Crippen LogP contribution in [0.15, 0.2) is 54.7 Å². The first-order valence-corrected chi connectivity index (χ1v) is 6.57. The molecule has 0 amide bonds. The van der Waals surface area contributed by atoms with Crippen LogP contribution in [0.2, 0.25) is 0 Å². The van der Waals surface area contributed by atoms with Crippen LogP contribution in [0.5, 0.6) is 0 Å². The smallest absolute Gasteiger partial charge is 0.0457 e. The van der Waals surface area contributed by atoms with Gasteiger partial charge in [0.15, 0.2) is 0 Å². The molecule has 0 saturated heterocycles. The van der Waals surface area contributed by atoms with E-state index in [1.54, 1.807) is 0 Å². The summed E-state index contributed by atoms with van der Waals surface area (Å²) in [5.41, 5.74) is 5.74. The second-order valence-corrected chi connectivity index (χ2v) is 5.08. The number of rotatable bonds is 1. The van der Waals surface area contributed by atoms with Gasteiger partial charge in [0.1, 0.15) is 0 Å². The van der Waals surface area contributed by atoms with Crippen molar-refractivity contribution in [3.8, 4) is 0 Å². The SMILES string of the molecule is c1ccc2c(c1)CCC2c1c[nH]c2ccccc12. The normalized spacial score (nSPS) is 18.1. The molecule has 4 rings (SSSR count). The van der Waals surface area contributed by atoms with Crippen molar-refractivity contribution in [2.24, 2.45) is 0 Å². The van der Waals surface area contributed by atoms with Gasteiger partial charge in [0.05, 0.1) is 0 Å². The number of hydrogen-bond donors (Lipinski definition) is 1. The molecule has 1 nitrogen and oxygen atoms in total. The highest BCUT2D eigenvalue weighted by molar-refractivity contribution is 5.84. The van der Waals surface area contributed by atoms with Gasteiger partial charge in [-0.25, -0.2) is 0 Å². The van der Waals surface area contributed by atoms with Crippen molar-refractivity contribution >= 4 is 10.9 Å². The molecule has 1 aliphatic carbocycles. The second kappa shape index (κ2) is 3.74. The molecule has 0 fully saturated rings. The van der Waals surface area contributed by atoms with E-state index in [-0.39, 0.29) is 0 Å². The van der Waals surface area contributed by atoms with Crippen molar-refractivity contribution in [3.63, 3.8) is 0 Å². The number of fused-ring (bicyclic) bond motifs is 2. The third kappa shape index (κ3) is 1.34. The summed E-state index contributed by atoms with van der Waals surface area (Å²) >= 11 is 0. The van der Waals surface area contributed by atoms with Crippen molar-refractivity contribution in [1.29, 1.82) is 0 Å². The zero-order valence-electron chi connectivity index (χ0n) is 10.2. The number of nitrogens with one attached hydrogen (secondary N) is 1. The molecule has 1 aromatic heterocycles. The summed E-state index contributed by atoms with van der Waals surface area (Å²) in [6.07, 6.45) is 4.64. The van der Waals surface area contributed by atoms with Crippen molar-refractivity contribution in [2.45, 2.75) is 18.8 Å². The van der Waals surface area contributed by atoms with E-state index in [0.29, 0.717) is 5.92 Å². The molecule has 1 unspecified atom stereocenters. The molecule has 18 heavy (non-hydrogen) atoms. The van der Waals surface area contributed by atoms with E-state index in [4.69, 9.17) is 0 Å². The predicted molar refractivity (Wildman–Crippen MR) is 74.9 cm³/mol. The standard InChI is InChI=1S/C17H15N/c1-2-6-13-12(5-1)9-10-14(13)16-11-18-17-8-4-3-7-15(16)17/h1-8,11,14,18H,9-10H2. The predicted octanol–water partition coefficient (Wildman–Crippen LogP) is 4.25. The fourth-order valence-corrected chi connectivity index (χ4v) is 3.26. The first kappa shape index (κ1) is 9.95. The fourth-order valence-electron chi connectivity index (χ4n) is 3.26. The molecule has 3 aromatic rings. The van der Waals surface area contributed by atoms with Crippen LogP contribution in [0.4, 0.5) is 0 Å². The minimum absolute atomic E-state index is 0.567. The lowest BCUT2D eigenvalue weighted by atomic mass is 9.93. The second-order valence-electron chi connectivity index (χ2n) is 5.08. The van der Waals surface area contributed by atoms with Crippen molar-refractivity contribution in [1.82, 2.24) is 4.98 Å². The maximum atomic E-state index is 3.40. The number of para-hydroxylation sites is 1. The van der Waals surface area contributed by atoms with Crippen molar-refractivity contribution in [2.75, 3.05) is 0 Å². The molecule has 1 atom stereocenters. The highest BCUT2D eigenvalue weighted by atomic mass is 14.7. The summed E-state index contributed by atoms with van der Waals surface area (Å²) in [5, 5.41) is 1.37. The Labute approximate surface area is 106 Å². The van der Waals surface area contributed by atoms with Crippen LogP contribution in [-0.2, 0) is 6.42 Å². The molecule has 1 heteroatoms. The lowest BCUT2D eigenvalue weighted by Crippen LogP contribution is -1.94. The highest BCUT2D eigenvalue weighted by Crippen LogP contribution is 2.40. The van der Waals surface area contributed by atoms with Crippen LogP contribution in [-0.4, -0.2) is 4.98 Å². The van der Waals surface area contributed by atoms with Crippen LogP contribution in [0.3, 0.4) is 0 Å². The molecule has 1 aliphatic rings. The van der Waals surface area contributed by atoms with E-state index in [1.165, 1.54) is 40.4 Å². The average Bonchev–Trinajstić information content (AvgIpc) is 3.01. The van der Waals surface area contributed by atoms with Crippen LogP contribution in [0, 0.1) is 0 Å². The Morgan fingerprint density at radius 2 is 1.72 bits per heavy atom. The molecule has 2 aromatic carbocycles. The van der Waals surface area contributed by atoms with Crippen molar-refractivity contribution < 1.29 is 0 Å². The number of aryl methyl sites for hydroxylation is 1. The highest BCUT2D eigenvalue weighted by Gasteiger charge is 2.25. The van der Waals surface area contributed by atoms with Crippen LogP contribution >= 0.6 is 0 Å². The zero-order valence-corrected chi connectivity index (χ0v) is 10.2. The summed E-state index contributed by atoms with van der Waals surface area (Å²) in [5.74, 6) is 0.567. The van der Waals surface area contributed by atoms with Gasteiger partial charge in [-0.3, -0.25) is 0 Å². The van der Waals surface area contributed by atoms with Gasteiger partial charge in [-0.2, -0.15) is 0 Å². The Kier molecular flexibility index (Phi) is 2.07. The van der Waals surface area contributed by atoms with Crippen LogP contribution in [0.1, 0.15) is 29.0 Å². The molecule has 0 radical (unpaired) electrons. The van der Waals surface area contributed by atoms with Crippen molar-refractivity contribution in [3.05, 3.63) is 71.4 Å². The van der Waals surface area contributed by atoms with Gasteiger partial charge >= 0.3 is 0 Å². The lowest BCUT2D eigenvalue weighted by molar-refractivity contribution is 0.794. The van der Waals surface area contributed by atoms with Gasteiger partial charge in [0.2, 0.25) is 0 Å². The minimum Gasteiger partial charge on any atom is -0.361 e. The third-order valence-electron chi connectivity index (χ3n) is 4.13. The number of H-pyrrole nitrogens is 1. The largest absolute Gasteiger partial charge is 0.361 e. The van der Waals surface area contributed by atoms with E-state index < -0.39 is 0 Å². The number of benzene rings is 2. The molecule has 0 aliphatic heterocycles. The Balaban J connectivity index is 1.90. The summed E-state index contributed by atoms with van der Waals surface area (Å²) < 4.78 is 0. The molecular weight excluding hydrogens is 218 g/mol. The molecule has 0 spiro atoms. The average molecular weight is 233 g/mol. The van der Waals surface area contributed by atoms with Gasteiger partial charge in [-0.05, 0) is 35.6 Å². The molecular formula is C17H15N. The maximum absolute atomic E-state index is 3.40. The lowest BCUT2D eigenvalue weighted by Gasteiger charge is -2.10. The summed E-state index contributed by atoms with van der Waals surface area (Å²) in [6.45, 7) is 0. The summed E-state index contributed by atoms with van der Waals surface area (Å²) in [7, 11) is 0. The quantitative estimate of drug-likeness (QED) is 0.647. The molecule has 1 N–H and O–H groups in total. The fraction of sp³-hybridized carbons (Fsp3) is 0.176. The Bertz CT molecular complexity index is 708. The zero-order chi connectivity index (χ0) is 11.9. The minimum atomic E-state index is 0.567. The third-order valence-corrected chi connectivity index (χ3v) is 4.13. The Hall–Kier alpha value is -2.02. The molecule has 0 bridgehead atoms. The van der Waals surface area contributed by atoms with Gasteiger partial charge in [-0.1, -0.05) is 42.5 Å². The topological polar surface area (TPSA) is 15.8 Å². The first-order chi connectivity index (χ1) is 8.93. The molecule has 0 saturated carbocycles. The monoisotopic (exact) mass is 233 g/mol. The number of aromatic nitrogens is 1. The maximum Gasteiger partial charge on any atom is 0.0457 e. The van der Waals surface area contributed by atoms with Crippen LogP contribution < -0.4 is 0 Å². The Morgan fingerprint density at radius 3 is 2.72 bits per heavy atom. The Morgan fingerprint density at radius 1 is 0.889 bits per heavy atom. The van der Waals surface area contributed by atoms with E-state index in [9.17, 15) is 0 Å². The van der Waals surface area contributed by atoms with E-state index in [2.05, 4.69) is 59.7 Å². The number of hydrogen-bond acceptors (Lipinski definition) is 0. The number of aromatic amines is 1. The summed E-state index contributed by atoms with van der Waals surface area (Å²) in [4.78, 5) is 3.40. The van der Waals surface area contributed by atoms with E-state index in [1.807, 2.05) is 0 Å². The van der Waals surface area contributed by atoms with Gasteiger partial charge < -0.3 is 4.98 Å². The molecule has 1 heterocycles. The van der Waals surface area contributed by atoms with Gasteiger partial charge in [-0.15, -0.1) is 0 Å². The van der Waals surface area contributed by atoms with Gasteiger partial charge in [0, 0.05) is 23.0 Å². The first-order valence-electron chi connectivity index (χ1n) is 6.57. The van der Waals surface area contributed by atoms with Crippen LogP contribution in [0.25, 0.3) is 10.9 Å².